The van der Waals surface area contributed by atoms with Crippen LogP contribution in [0.4, 0.5) is 0 Å². The van der Waals surface area contributed by atoms with Crippen molar-refractivity contribution >= 4 is 13.6 Å². The molecule has 28 heavy (non-hydrogen) atoms. The van der Waals surface area contributed by atoms with Crippen molar-refractivity contribution in [3.63, 3.8) is 0 Å². The lowest BCUT2D eigenvalue weighted by Gasteiger charge is -2.34. The van der Waals surface area contributed by atoms with Crippen molar-refractivity contribution in [2.45, 2.75) is 26.4 Å². The maximum Gasteiger partial charge on any atom is 0.428 e. The van der Waals surface area contributed by atoms with Crippen LogP contribution < -0.4 is 14.8 Å². The second kappa shape index (κ2) is 9.21. The number of esters is 1. The molecular weight excluding hydrogens is 385 g/mol. The molecule has 0 atom stereocenters. The van der Waals surface area contributed by atoms with Gasteiger partial charge in [0.2, 0.25) is 0 Å². The fraction of sp³-hybridized carbons (Fsp3) is 0.316. The Balaban J connectivity index is 2.41. The van der Waals surface area contributed by atoms with Gasteiger partial charge in [-0.05, 0) is 45.0 Å². The zero-order chi connectivity index (χ0) is 20.8. The van der Waals surface area contributed by atoms with Crippen LogP contribution >= 0.6 is 7.60 Å². The van der Waals surface area contributed by atoms with Gasteiger partial charge in [0.1, 0.15) is 18.0 Å². The van der Waals surface area contributed by atoms with Gasteiger partial charge in [-0.3, -0.25) is 4.79 Å². The molecule has 0 aliphatic carbocycles. The SMILES string of the molecule is CCOC(=O)CNC(Oc1ccc(C)cc1)(Oc1ccc(C)cc1)P(=O)(O)O. The minimum absolute atomic E-state index is 0.126. The van der Waals surface area contributed by atoms with Crippen LogP contribution in [-0.4, -0.2) is 34.6 Å². The predicted molar refractivity (Wildman–Crippen MR) is 103 cm³/mol. The number of hydrogen-bond acceptors (Lipinski definition) is 6. The highest BCUT2D eigenvalue weighted by Gasteiger charge is 2.54. The predicted octanol–water partition coefficient (Wildman–Crippen LogP) is 2.70. The van der Waals surface area contributed by atoms with Crippen LogP contribution in [0.25, 0.3) is 0 Å². The van der Waals surface area contributed by atoms with Gasteiger partial charge in [-0.1, -0.05) is 35.4 Å². The Kier molecular flexibility index (Phi) is 7.21. The van der Waals surface area contributed by atoms with Gasteiger partial charge in [-0.15, -0.1) is 0 Å². The van der Waals surface area contributed by atoms with E-state index in [0.717, 1.165) is 11.1 Å². The first-order valence-corrected chi connectivity index (χ1v) is 10.2. The zero-order valence-corrected chi connectivity index (χ0v) is 16.8. The first-order chi connectivity index (χ1) is 13.1. The summed E-state index contributed by atoms with van der Waals surface area (Å²) in [5, 5.41) is 2.40. The normalized spacial score (nSPS) is 11.8. The molecular formula is C19H24NO7P. The van der Waals surface area contributed by atoms with E-state index in [-0.39, 0.29) is 18.1 Å². The lowest BCUT2D eigenvalue weighted by molar-refractivity contribution is -0.146. The van der Waals surface area contributed by atoms with E-state index in [0.29, 0.717) is 0 Å². The number of nitrogens with one attached hydrogen (secondary N) is 1. The molecule has 0 bridgehead atoms. The Labute approximate surface area is 163 Å². The van der Waals surface area contributed by atoms with E-state index in [1.165, 1.54) is 0 Å². The molecule has 0 aliphatic rings. The molecule has 0 saturated heterocycles. The Morgan fingerprint density at radius 2 is 1.39 bits per heavy atom. The molecule has 9 heteroatoms. The van der Waals surface area contributed by atoms with Crippen LogP contribution in [0, 0.1) is 13.8 Å². The highest BCUT2D eigenvalue weighted by atomic mass is 31.2. The number of carbonyl (C=O) groups is 1. The van der Waals surface area contributed by atoms with Crippen molar-refractivity contribution in [2.24, 2.45) is 0 Å². The van der Waals surface area contributed by atoms with Crippen LogP contribution in [0.1, 0.15) is 18.1 Å². The highest BCUT2D eigenvalue weighted by molar-refractivity contribution is 7.53. The monoisotopic (exact) mass is 409 g/mol. The van der Waals surface area contributed by atoms with Crippen molar-refractivity contribution in [3.8, 4) is 11.5 Å². The third kappa shape index (κ3) is 5.81. The fourth-order valence-electron chi connectivity index (χ4n) is 2.24. The first-order valence-electron chi connectivity index (χ1n) is 8.63. The van der Waals surface area contributed by atoms with Gasteiger partial charge >= 0.3 is 19.2 Å². The van der Waals surface area contributed by atoms with Gasteiger partial charge in [-0.2, -0.15) is 0 Å². The molecule has 0 spiro atoms. The molecule has 8 nitrogen and oxygen atoms in total. The van der Waals surface area contributed by atoms with Crippen molar-refractivity contribution in [1.82, 2.24) is 5.32 Å². The summed E-state index contributed by atoms with van der Waals surface area (Å²) in [6.07, 6.45) is 0. The molecule has 0 aliphatic heterocycles. The van der Waals surface area contributed by atoms with Crippen LogP contribution in [0.2, 0.25) is 0 Å². The largest absolute Gasteiger partial charge is 0.465 e. The van der Waals surface area contributed by atoms with Gasteiger partial charge in [0.25, 0.3) is 0 Å². The minimum Gasteiger partial charge on any atom is -0.465 e. The van der Waals surface area contributed by atoms with Gasteiger partial charge < -0.3 is 24.0 Å². The zero-order valence-electron chi connectivity index (χ0n) is 15.9. The van der Waals surface area contributed by atoms with Crippen molar-refractivity contribution < 1.29 is 33.4 Å². The van der Waals surface area contributed by atoms with Crippen LogP contribution in [-0.2, 0) is 14.1 Å². The van der Waals surface area contributed by atoms with E-state index in [1.807, 2.05) is 13.8 Å². The molecule has 0 amide bonds. The number of carbonyl (C=O) groups excluding carboxylic acids is 1. The average molecular weight is 409 g/mol. The minimum atomic E-state index is -5.10. The summed E-state index contributed by atoms with van der Waals surface area (Å²) >= 11 is 0. The van der Waals surface area contributed by atoms with Gasteiger partial charge in [-0.25, -0.2) is 9.88 Å². The molecule has 0 saturated carbocycles. The number of aryl methyl sites for hydroxylation is 2. The second-order valence-electron chi connectivity index (χ2n) is 6.11. The smallest absolute Gasteiger partial charge is 0.428 e. The number of benzene rings is 2. The van der Waals surface area contributed by atoms with Crippen LogP contribution in [0.3, 0.4) is 0 Å². The molecule has 2 aromatic rings. The van der Waals surface area contributed by atoms with E-state index < -0.39 is 25.8 Å². The fourth-order valence-corrected chi connectivity index (χ4v) is 2.98. The van der Waals surface area contributed by atoms with Gasteiger partial charge in [0.05, 0.1) is 6.61 Å². The first kappa shape index (κ1) is 21.9. The molecule has 0 unspecified atom stereocenters. The molecule has 0 radical (unpaired) electrons. The summed E-state index contributed by atoms with van der Waals surface area (Å²) in [6.45, 7) is 4.95. The molecule has 3 N–H and O–H groups in total. The van der Waals surface area contributed by atoms with E-state index in [1.54, 1.807) is 55.5 Å². The lowest BCUT2D eigenvalue weighted by atomic mass is 10.2. The molecule has 2 aromatic carbocycles. The second-order valence-corrected chi connectivity index (χ2v) is 7.79. The van der Waals surface area contributed by atoms with Crippen LogP contribution in [0.15, 0.2) is 48.5 Å². The molecule has 0 heterocycles. The summed E-state index contributed by atoms with van der Waals surface area (Å²) in [7, 11) is -5.10. The van der Waals surface area contributed by atoms with E-state index >= 15 is 0 Å². The van der Waals surface area contributed by atoms with Crippen molar-refractivity contribution in [3.05, 3.63) is 59.7 Å². The number of rotatable bonds is 9. The molecule has 0 aromatic heterocycles. The van der Waals surface area contributed by atoms with Crippen molar-refractivity contribution in [2.75, 3.05) is 13.2 Å². The van der Waals surface area contributed by atoms with E-state index in [9.17, 15) is 19.1 Å². The van der Waals surface area contributed by atoms with E-state index in [2.05, 4.69) is 5.32 Å². The molecule has 152 valence electrons. The number of hydrogen-bond donors (Lipinski definition) is 3. The summed E-state index contributed by atoms with van der Waals surface area (Å²) in [4.78, 5) is 31.9. The molecule has 0 fully saturated rings. The van der Waals surface area contributed by atoms with E-state index in [4.69, 9.17) is 14.2 Å². The molecule has 2 rings (SSSR count). The number of ether oxygens (including phenoxy) is 3. The Hall–Kier alpha value is -2.38. The highest BCUT2D eigenvalue weighted by Crippen LogP contribution is 2.50. The lowest BCUT2D eigenvalue weighted by Crippen LogP contribution is -2.56. The third-order valence-corrected chi connectivity index (χ3v) is 4.81. The average Bonchev–Trinajstić information content (AvgIpc) is 2.63. The maximum absolute atomic E-state index is 12.4. The Morgan fingerprint density at radius 1 is 0.964 bits per heavy atom. The maximum atomic E-state index is 12.4. The summed E-state index contributed by atoms with van der Waals surface area (Å²) in [5.41, 5.74) is -0.745. The van der Waals surface area contributed by atoms with Gasteiger partial charge in [0.15, 0.2) is 0 Å². The summed E-state index contributed by atoms with van der Waals surface area (Å²) in [5.74, 6) is -0.407. The van der Waals surface area contributed by atoms with Gasteiger partial charge in [0, 0.05) is 0 Å². The van der Waals surface area contributed by atoms with Crippen molar-refractivity contribution in [1.29, 1.82) is 0 Å². The van der Waals surface area contributed by atoms with Crippen LogP contribution in [0.5, 0.6) is 11.5 Å². The Morgan fingerprint density at radius 3 is 1.75 bits per heavy atom. The summed E-state index contributed by atoms with van der Waals surface area (Å²) < 4.78 is 28.4. The third-order valence-electron chi connectivity index (χ3n) is 3.70. The topological polar surface area (TPSA) is 114 Å². The summed E-state index contributed by atoms with van der Waals surface area (Å²) in [6, 6.07) is 13.1. The Bertz CT molecular complexity index is 783. The quantitative estimate of drug-likeness (QED) is 0.329. The standard InChI is InChI=1S/C19H24NO7P/c1-4-25-18(21)13-20-19(28(22,23)24,26-16-9-5-14(2)6-10-16)27-17-11-7-15(3)8-12-17/h5-12,20H,4,13H2,1-3H3,(H2,22,23,24).